The summed E-state index contributed by atoms with van der Waals surface area (Å²) in [6.07, 6.45) is 0.920. The fourth-order valence-electron chi connectivity index (χ4n) is 3.97. The van der Waals surface area contributed by atoms with Gasteiger partial charge in [-0.05, 0) is 53.9 Å². The third kappa shape index (κ3) is 6.21. The summed E-state index contributed by atoms with van der Waals surface area (Å²) < 4.78 is 40.8. The van der Waals surface area contributed by atoms with Crippen molar-refractivity contribution >= 4 is 21.6 Å². The zero-order valence-electron chi connectivity index (χ0n) is 18.9. The molecule has 1 N–H and O–H groups in total. The second-order valence-corrected chi connectivity index (χ2v) is 10.1. The van der Waals surface area contributed by atoms with Gasteiger partial charge in [-0.3, -0.25) is 4.79 Å². The molecule has 0 aliphatic carbocycles. The van der Waals surface area contributed by atoms with E-state index in [0.717, 1.165) is 16.8 Å². The average Bonchev–Trinajstić information content (AvgIpc) is 2.87. The van der Waals surface area contributed by atoms with E-state index in [-0.39, 0.29) is 23.2 Å². The van der Waals surface area contributed by atoms with Gasteiger partial charge in [-0.15, -0.1) is 0 Å². The molecule has 0 saturated carbocycles. The van der Waals surface area contributed by atoms with Crippen LogP contribution in [0.5, 0.6) is 0 Å². The maximum Gasteiger partial charge on any atom is 0.240 e. The standard InChI is InChI=1S/C26H28FN3O3S/c27-23-9-11-24(12-10-23)29-16-18-30(19-17-29)26(31)15-8-21-6-13-25(14-7-21)34(32,33)28-20-22-4-2-1-3-5-22/h1-7,9-14,28H,8,15-20H2. The summed E-state index contributed by atoms with van der Waals surface area (Å²) in [6.45, 7) is 2.90. The number of amides is 1. The van der Waals surface area contributed by atoms with Crippen LogP contribution < -0.4 is 9.62 Å². The minimum absolute atomic E-state index is 0.0833. The Morgan fingerprint density at radius 3 is 2.12 bits per heavy atom. The van der Waals surface area contributed by atoms with E-state index in [0.29, 0.717) is 39.0 Å². The van der Waals surface area contributed by atoms with Crippen LogP contribution in [-0.2, 0) is 27.8 Å². The molecule has 34 heavy (non-hydrogen) atoms. The van der Waals surface area contributed by atoms with Crippen LogP contribution in [0.2, 0.25) is 0 Å². The molecule has 0 bridgehead atoms. The Kier molecular flexibility index (Phi) is 7.59. The molecule has 0 unspecified atom stereocenters. The Morgan fingerprint density at radius 2 is 1.47 bits per heavy atom. The maximum absolute atomic E-state index is 13.1. The van der Waals surface area contributed by atoms with Crippen molar-refractivity contribution in [3.05, 3.63) is 95.8 Å². The smallest absolute Gasteiger partial charge is 0.240 e. The summed E-state index contributed by atoms with van der Waals surface area (Å²) in [5, 5.41) is 0. The quantitative estimate of drug-likeness (QED) is 0.534. The Hall–Kier alpha value is -3.23. The van der Waals surface area contributed by atoms with Gasteiger partial charge in [0.2, 0.25) is 15.9 Å². The van der Waals surface area contributed by atoms with Crippen LogP contribution in [0.15, 0.2) is 83.8 Å². The lowest BCUT2D eigenvalue weighted by atomic mass is 10.1. The molecule has 1 aliphatic heterocycles. The number of halogens is 1. The molecule has 3 aromatic rings. The molecule has 0 spiro atoms. The van der Waals surface area contributed by atoms with Crippen LogP contribution in [0.3, 0.4) is 0 Å². The van der Waals surface area contributed by atoms with E-state index in [4.69, 9.17) is 0 Å². The van der Waals surface area contributed by atoms with Crippen molar-refractivity contribution in [3.8, 4) is 0 Å². The first-order chi connectivity index (χ1) is 16.4. The Bertz CT molecular complexity index is 1190. The number of aryl methyl sites for hydroxylation is 1. The third-order valence-corrected chi connectivity index (χ3v) is 7.41. The SMILES string of the molecule is O=C(CCc1ccc(S(=O)(=O)NCc2ccccc2)cc1)N1CCN(c2ccc(F)cc2)CC1. The molecule has 6 nitrogen and oxygen atoms in total. The Morgan fingerprint density at radius 1 is 0.824 bits per heavy atom. The number of nitrogens with zero attached hydrogens (tertiary/aromatic N) is 2. The van der Waals surface area contributed by atoms with Gasteiger partial charge >= 0.3 is 0 Å². The highest BCUT2D eigenvalue weighted by atomic mass is 32.2. The number of nitrogens with one attached hydrogen (secondary N) is 1. The summed E-state index contributed by atoms with van der Waals surface area (Å²) in [6, 6.07) is 22.4. The zero-order valence-corrected chi connectivity index (χ0v) is 19.7. The molecule has 8 heteroatoms. The second-order valence-electron chi connectivity index (χ2n) is 8.30. The third-order valence-electron chi connectivity index (χ3n) is 5.99. The summed E-state index contributed by atoms with van der Waals surface area (Å²) in [4.78, 5) is 16.9. The fourth-order valence-corrected chi connectivity index (χ4v) is 4.99. The fraction of sp³-hybridized carbons (Fsp3) is 0.269. The zero-order chi connectivity index (χ0) is 24.0. The maximum atomic E-state index is 13.1. The van der Waals surface area contributed by atoms with Crippen molar-refractivity contribution in [1.29, 1.82) is 0 Å². The van der Waals surface area contributed by atoms with Crippen LogP contribution >= 0.6 is 0 Å². The molecular formula is C26H28FN3O3S. The first-order valence-corrected chi connectivity index (χ1v) is 12.8. The lowest BCUT2D eigenvalue weighted by molar-refractivity contribution is -0.131. The highest BCUT2D eigenvalue weighted by Crippen LogP contribution is 2.18. The molecule has 3 aromatic carbocycles. The largest absolute Gasteiger partial charge is 0.368 e. The van der Waals surface area contributed by atoms with Crippen LogP contribution in [-0.4, -0.2) is 45.4 Å². The van der Waals surface area contributed by atoms with E-state index in [1.807, 2.05) is 35.2 Å². The molecule has 4 rings (SSSR count). The van der Waals surface area contributed by atoms with Crippen molar-refractivity contribution < 1.29 is 17.6 Å². The average molecular weight is 482 g/mol. The number of sulfonamides is 1. The van der Waals surface area contributed by atoms with Gasteiger partial charge in [0.1, 0.15) is 5.82 Å². The van der Waals surface area contributed by atoms with Crippen LogP contribution in [0.1, 0.15) is 17.5 Å². The van der Waals surface area contributed by atoms with Crippen molar-refractivity contribution in [1.82, 2.24) is 9.62 Å². The summed E-state index contributed by atoms with van der Waals surface area (Å²) >= 11 is 0. The van der Waals surface area contributed by atoms with E-state index in [9.17, 15) is 17.6 Å². The lowest BCUT2D eigenvalue weighted by Gasteiger charge is -2.36. The van der Waals surface area contributed by atoms with Gasteiger partial charge in [-0.2, -0.15) is 0 Å². The highest BCUT2D eigenvalue weighted by molar-refractivity contribution is 7.89. The summed E-state index contributed by atoms with van der Waals surface area (Å²) in [5.74, 6) is -0.174. The van der Waals surface area contributed by atoms with E-state index >= 15 is 0 Å². The van der Waals surface area contributed by atoms with Crippen molar-refractivity contribution in [2.75, 3.05) is 31.1 Å². The highest BCUT2D eigenvalue weighted by Gasteiger charge is 2.21. The number of anilines is 1. The van der Waals surface area contributed by atoms with E-state index < -0.39 is 10.0 Å². The minimum atomic E-state index is -3.60. The first kappa shape index (κ1) is 23.9. The molecule has 1 heterocycles. The van der Waals surface area contributed by atoms with Gasteiger partial charge in [-0.25, -0.2) is 17.5 Å². The Labute approximate surface area is 200 Å². The second kappa shape index (κ2) is 10.8. The van der Waals surface area contributed by atoms with Crippen LogP contribution in [0.4, 0.5) is 10.1 Å². The molecule has 1 saturated heterocycles. The van der Waals surface area contributed by atoms with Gasteiger partial charge in [0.25, 0.3) is 0 Å². The number of hydrogen-bond acceptors (Lipinski definition) is 4. The minimum Gasteiger partial charge on any atom is -0.368 e. The molecular weight excluding hydrogens is 453 g/mol. The number of benzene rings is 3. The molecule has 0 aromatic heterocycles. The van der Waals surface area contributed by atoms with Gasteiger partial charge in [0.05, 0.1) is 4.90 Å². The predicted octanol–water partition coefficient (Wildman–Crippen LogP) is 3.59. The van der Waals surface area contributed by atoms with Crippen LogP contribution in [0.25, 0.3) is 0 Å². The normalized spacial score (nSPS) is 14.3. The molecule has 0 radical (unpaired) electrons. The first-order valence-electron chi connectivity index (χ1n) is 11.3. The topological polar surface area (TPSA) is 69.7 Å². The Balaban J connectivity index is 1.24. The van der Waals surface area contributed by atoms with Gasteiger partial charge in [0.15, 0.2) is 0 Å². The van der Waals surface area contributed by atoms with E-state index in [1.165, 1.54) is 12.1 Å². The number of hydrogen-bond donors (Lipinski definition) is 1. The van der Waals surface area contributed by atoms with Crippen molar-refractivity contribution in [2.45, 2.75) is 24.3 Å². The van der Waals surface area contributed by atoms with Gasteiger partial charge in [-0.1, -0.05) is 42.5 Å². The van der Waals surface area contributed by atoms with Crippen molar-refractivity contribution in [3.63, 3.8) is 0 Å². The van der Waals surface area contributed by atoms with Gasteiger partial charge < -0.3 is 9.80 Å². The summed E-state index contributed by atoms with van der Waals surface area (Å²) in [5.41, 5.74) is 2.77. The molecule has 1 amide bonds. The molecule has 178 valence electrons. The number of carbonyl (C=O) groups is 1. The van der Waals surface area contributed by atoms with E-state index in [2.05, 4.69) is 9.62 Å². The molecule has 1 fully saturated rings. The van der Waals surface area contributed by atoms with E-state index in [1.54, 1.807) is 36.4 Å². The number of rotatable bonds is 8. The molecule has 0 atom stereocenters. The predicted molar refractivity (Wildman–Crippen MR) is 130 cm³/mol. The van der Waals surface area contributed by atoms with Crippen LogP contribution in [0, 0.1) is 5.82 Å². The summed E-state index contributed by atoms with van der Waals surface area (Å²) in [7, 11) is -3.60. The number of piperazine rings is 1. The van der Waals surface area contributed by atoms with Crippen molar-refractivity contribution in [2.24, 2.45) is 0 Å². The molecule has 1 aliphatic rings. The van der Waals surface area contributed by atoms with Gasteiger partial charge in [0, 0.05) is 44.8 Å². The number of carbonyl (C=O) groups excluding carboxylic acids is 1. The lowest BCUT2D eigenvalue weighted by Crippen LogP contribution is -2.48. The monoisotopic (exact) mass is 481 g/mol.